The van der Waals surface area contributed by atoms with E-state index in [9.17, 15) is 4.39 Å². The van der Waals surface area contributed by atoms with Gasteiger partial charge in [0.15, 0.2) is 0 Å². The Morgan fingerprint density at radius 3 is 2.76 bits per heavy atom. The fourth-order valence-electron chi connectivity index (χ4n) is 2.41. The Labute approximate surface area is 132 Å². The van der Waals surface area contributed by atoms with Crippen molar-refractivity contribution in [3.63, 3.8) is 0 Å². The van der Waals surface area contributed by atoms with Gasteiger partial charge in [-0.3, -0.25) is 0 Å². The molecule has 0 saturated carbocycles. The highest BCUT2D eigenvalue weighted by molar-refractivity contribution is 6.30. The SMILES string of the molecule is CC(Cl)c1nc2cc(F)ccc2n1Cc1cccc(Cl)c1. The molecule has 21 heavy (non-hydrogen) atoms. The number of alkyl halides is 1. The monoisotopic (exact) mass is 322 g/mol. The zero-order valence-corrected chi connectivity index (χ0v) is 12.9. The van der Waals surface area contributed by atoms with E-state index in [0.717, 1.165) is 16.9 Å². The van der Waals surface area contributed by atoms with Crippen molar-refractivity contribution in [3.05, 3.63) is 64.7 Å². The summed E-state index contributed by atoms with van der Waals surface area (Å²) >= 11 is 12.2. The summed E-state index contributed by atoms with van der Waals surface area (Å²) in [6.07, 6.45) is 0. The molecule has 0 N–H and O–H groups in total. The predicted molar refractivity (Wildman–Crippen MR) is 84.5 cm³/mol. The number of benzene rings is 2. The van der Waals surface area contributed by atoms with E-state index < -0.39 is 0 Å². The number of fused-ring (bicyclic) bond motifs is 1. The third-order valence-electron chi connectivity index (χ3n) is 3.33. The normalized spacial score (nSPS) is 12.8. The van der Waals surface area contributed by atoms with Crippen molar-refractivity contribution in [2.24, 2.45) is 0 Å². The van der Waals surface area contributed by atoms with Crippen molar-refractivity contribution >= 4 is 34.2 Å². The van der Waals surface area contributed by atoms with Crippen LogP contribution >= 0.6 is 23.2 Å². The average molecular weight is 323 g/mol. The molecule has 1 heterocycles. The summed E-state index contributed by atoms with van der Waals surface area (Å²) in [5.74, 6) is 0.418. The van der Waals surface area contributed by atoms with Crippen LogP contribution in [0.2, 0.25) is 5.02 Å². The summed E-state index contributed by atoms with van der Waals surface area (Å²) in [5.41, 5.74) is 2.52. The fraction of sp³-hybridized carbons (Fsp3) is 0.188. The molecule has 1 unspecified atom stereocenters. The fourth-order valence-corrected chi connectivity index (χ4v) is 2.79. The molecular formula is C16H13Cl2FN2. The summed E-state index contributed by atoms with van der Waals surface area (Å²) in [7, 11) is 0. The van der Waals surface area contributed by atoms with Crippen LogP contribution < -0.4 is 0 Å². The van der Waals surface area contributed by atoms with Crippen molar-refractivity contribution in [3.8, 4) is 0 Å². The second-order valence-electron chi connectivity index (χ2n) is 4.94. The van der Waals surface area contributed by atoms with Gasteiger partial charge in [-0.15, -0.1) is 11.6 Å². The molecule has 3 rings (SSSR count). The van der Waals surface area contributed by atoms with Crippen LogP contribution in [0.4, 0.5) is 4.39 Å². The minimum Gasteiger partial charge on any atom is -0.322 e. The lowest BCUT2D eigenvalue weighted by Crippen LogP contribution is -2.05. The lowest BCUT2D eigenvalue weighted by atomic mass is 10.2. The van der Waals surface area contributed by atoms with Crippen LogP contribution in [0.3, 0.4) is 0 Å². The predicted octanol–water partition coefficient (Wildman–Crippen LogP) is 5.18. The Bertz CT molecular complexity index is 796. The summed E-state index contributed by atoms with van der Waals surface area (Å²) in [6.45, 7) is 2.45. The van der Waals surface area contributed by atoms with E-state index in [1.54, 1.807) is 6.07 Å². The zero-order valence-electron chi connectivity index (χ0n) is 11.4. The first-order valence-electron chi connectivity index (χ1n) is 6.59. The number of aromatic nitrogens is 2. The molecule has 0 fully saturated rings. The Hall–Kier alpha value is -1.58. The first-order chi connectivity index (χ1) is 10.0. The summed E-state index contributed by atoms with van der Waals surface area (Å²) in [5, 5.41) is 0.420. The van der Waals surface area contributed by atoms with E-state index in [4.69, 9.17) is 23.2 Å². The number of imidazole rings is 1. The van der Waals surface area contributed by atoms with Crippen molar-refractivity contribution in [2.45, 2.75) is 18.8 Å². The molecule has 1 aromatic heterocycles. The topological polar surface area (TPSA) is 17.8 Å². The summed E-state index contributed by atoms with van der Waals surface area (Å²) in [6, 6.07) is 12.2. The van der Waals surface area contributed by atoms with Gasteiger partial charge < -0.3 is 4.57 Å². The molecule has 0 radical (unpaired) electrons. The number of halogens is 3. The third kappa shape index (κ3) is 2.89. The molecule has 0 saturated heterocycles. The van der Waals surface area contributed by atoms with Gasteiger partial charge in [0, 0.05) is 17.6 Å². The zero-order chi connectivity index (χ0) is 15.0. The molecular weight excluding hydrogens is 310 g/mol. The van der Waals surface area contributed by atoms with Crippen molar-refractivity contribution in [2.75, 3.05) is 0 Å². The van der Waals surface area contributed by atoms with Crippen LogP contribution in [0.5, 0.6) is 0 Å². The van der Waals surface area contributed by atoms with E-state index in [1.807, 2.05) is 35.8 Å². The lowest BCUT2D eigenvalue weighted by molar-refractivity contribution is 0.629. The molecule has 0 aliphatic rings. The van der Waals surface area contributed by atoms with Crippen molar-refractivity contribution < 1.29 is 4.39 Å². The molecule has 0 bridgehead atoms. The van der Waals surface area contributed by atoms with Gasteiger partial charge in [-0.05, 0) is 36.8 Å². The van der Waals surface area contributed by atoms with Gasteiger partial charge in [-0.1, -0.05) is 23.7 Å². The van der Waals surface area contributed by atoms with Gasteiger partial charge in [-0.2, -0.15) is 0 Å². The lowest BCUT2D eigenvalue weighted by Gasteiger charge is -2.11. The molecule has 1 atom stereocenters. The van der Waals surface area contributed by atoms with Crippen LogP contribution in [0.15, 0.2) is 42.5 Å². The maximum absolute atomic E-state index is 13.4. The first-order valence-corrected chi connectivity index (χ1v) is 7.40. The number of hydrogen-bond acceptors (Lipinski definition) is 1. The Kier molecular flexibility index (Phi) is 3.87. The highest BCUT2D eigenvalue weighted by atomic mass is 35.5. The van der Waals surface area contributed by atoms with E-state index in [-0.39, 0.29) is 11.2 Å². The molecule has 5 heteroatoms. The van der Waals surface area contributed by atoms with Crippen LogP contribution in [0.1, 0.15) is 23.7 Å². The second kappa shape index (κ2) is 5.66. The van der Waals surface area contributed by atoms with E-state index in [2.05, 4.69) is 4.98 Å². The number of nitrogens with zero attached hydrogens (tertiary/aromatic N) is 2. The Balaban J connectivity index is 2.13. The minimum absolute atomic E-state index is 0.264. The molecule has 0 amide bonds. The largest absolute Gasteiger partial charge is 0.322 e. The Morgan fingerprint density at radius 1 is 1.24 bits per heavy atom. The number of rotatable bonds is 3. The van der Waals surface area contributed by atoms with Crippen molar-refractivity contribution in [1.29, 1.82) is 0 Å². The number of hydrogen-bond donors (Lipinski definition) is 0. The summed E-state index contributed by atoms with van der Waals surface area (Å²) < 4.78 is 15.4. The van der Waals surface area contributed by atoms with Gasteiger partial charge in [0.1, 0.15) is 11.6 Å². The maximum Gasteiger partial charge on any atom is 0.128 e. The van der Waals surface area contributed by atoms with Gasteiger partial charge >= 0.3 is 0 Å². The third-order valence-corrected chi connectivity index (χ3v) is 3.76. The molecule has 0 aliphatic carbocycles. The van der Waals surface area contributed by atoms with E-state index >= 15 is 0 Å². The van der Waals surface area contributed by atoms with Crippen molar-refractivity contribution in [1.82, 2.24) is 9.55 Å². The molecule has 0 aliphatic heterocycles. The molecule has 2 aromatic carbocycles. The van der Waals surface area contributed by atoms with E-state index in [0.29, 0.717) is 17.1 Å². The quantitative estimate of drug-likeness (QED) is 0.608. The standard InChI is InChI=1S/C16H13Cl2FN2/c1-10(17)16-20-14-8-13(19)5-6-15(14)21(16)9-11-3-2-4-12(18)7-11/h2-8,10H,9H2,1H3. The smallest absolute Gasteiger partial charge is 0.128 e. The van der Waals surface area contributed by atoms with Gasteiger partial charge in [0.2, 0.25) is 0 Å². The molecule has 2 nitrogen and oxygen atoms in total. The van der Waals surface area contributed by atoms with Crippen LogP contribution in [0.25, 0.3) is 11.0 Å². The van der Waals surface area contributed by atoms with Crippen LogP contribution in [0, 0.1) is 5.82 Å². The average Bonchev–Trinajstić information content (AvgIpc) is 2.77. The minimum atomic E-state index is -0.302. The van der Waals surface area contributed by atoms with Crippen LogP contribution in [-0.4, -0.2) is 9.55 Å². The summed E-state index contributed by atoms with van der Waals surface area (Å²) in [4.78, 5) is 4.45. The van der Waals surface area contributed by atoms with Gasteiger partial charge in [-0.25, -0.2) is 9.37 Å². The molecule has 3 aromatic rings. The first kappa shape index (κ1) is 14.4. The van der Waals surface area contributed by atoms with Gasteiger partial charge in [0.25, 0.3) is 0 Å². The van der Waals surface area contributed by atoms with Gasteiger partial charge in [0.05, 0.1) is 16.4 Å². The molecule has 108 valence electrons. The second-order valence-corrected chi connectivity index (χ2v) is 6.03. The highest BCUT2D eigenvalue weighted by Crippen LogP contribution is 2.26. The van der Waals surface area contributed by atoms with E-state index in [1.165, 1.54) is 12.1 Å². The molecule has 0 spiro atoms. The highest BCUT2D eigenvalue weighted by Gasteiger charge is 2.15. The van der Waals surface area contributed by atoms with Crippen LogP contribution in [-0.2, 0) is 6.54 Å². The maximum atomic E-state index is 13.4. The Morgan fingerprint density at radius 2 is 2.05 bits per heavy atom.